The van der Waals surface area contributed by atoms with Gasteiger partial charge in [0.15, 0.2) is 0 Å². The van der Waals surface area contributed by atoms with Crippen LogP contribution in [0.5, 0.6) is 0 Å². The minimum Gasteiger partial charge on any atom is -0.398 e. The van der Waals surface area contributed by atoms with Gasteiger partial charge >= 0.3 is 0 Å². The number of nitrogens with two attached hydrogens (primary N) is 1. The Morgan fingerprint density at radius 2 is 2.05 bits per heavy atom. The predicted molar refractivity (Wildman–Crippen MR) is 78.1 cm³/mol. The largest absolute Gasteiger partial charge is 0.398 e. The summed E-state index contributed by atoms with van der Waals surface area (Å²) in [5, 5.41) is 7.93. The Morgan fingerprint density at radius 3 is 2.79 bits per heavy atom. The molecule has 1 aromatic heterocycles. The number of anilines is 2. The lowest BCUT2D eigenvalue weighted by Crippen LogP contribution is -2.26. The minimum absolute atomic E-state index is 0.0347. The predicted octanol–water partition coefficient (Wildman–Crippen LogP) is 1.67. The summed E-state index contributed by atoms with van der Waals surface area (Å²) in [4.78, 5) is 15.1. The standard InChI is InChI=1S/C14H18N4O/c1-9-3-4-12-11(13(9)15)5-6-17-14(12)18-8-7-16-10(2)19/h3-6H,7-8,15H2,1-2H3,(H,16,19)(H,17,18). The molecular formula is C14H18N4O. The van der Waals surface area contributed by atoms with Gasteiger partial charge in [-0.2, -0.15) is 0 Å². The lowest BCUT2D eigenvalue weighted by atomic mass is 10.1. The Kier molecular flexibility index (Phi) is 3.85. The molecule has 5 nitrogen and oxygen atoms in total. The van der Waals surface area contributed by atoms with E-state index in [9.17, 15) is 4.79 Å². The lowest BCUT2D eigenvalue weighted by Gasteiger charge is -2.11. The molecule has 2 rings (SSSR count). The van der Waals surface area contributed by atoms with Crippen molar-refractivity contribution in [2.45, 2.75) is 13.8 Å². The molecule has 0 atom stereocenters. The molecule has 5 heteroatoms. The highest BCUT2D eigenvalue weighted by Gasteiger charge is 2.06. The summed E-state index contributed by atoms with van der Waals surface area (Å²) in [6.07, 6.45) is 1.73. The minimum atomic E-state index is -0.0347. The van der Waals surface area contributed by atoms with Crippen LogP contribution in [0.1, 0.15) is 12.5 Å². The first kappa shape index (κ1) is 13.1. The number of pyridine rings is 1. The molecule has 0 aliphatic heterocycles. The second-order valence-electron chi connectivity index (χ2n) is 4.46. The smallest absolute Gasteiger partial charge is 0.216 e. The molecule has 19 heavy (non-hydrogen) atoms. The van der Waals surface area contributed by atoms with Crippen LogP contribution < -0.4 is 16.4 Å². The third-order valence-corrected chi connectivity index (χ3v) is 3.00. The van der Waals surface area contributed by atoms with Gasteiger partial charge in [-0.1, -0.05) is 12.1 Å². The number of nitrogens with one attached hydrogen (secondary N) is 2. The summed E-state index contributed by atoms with van der Waals surface area (Å²) in [6.45, 7) is 4.67. The zero-order chi connectivity index (χ0) is 13.8. The number of aromatic nitrogens is 1. The van der Waals surface area contributed by atoms with Crippen molar-refractivity contribution in [2.75, 3.05) is 24.1 Å². The van der Waals surface area contributed by atoms with E-state index < -0.39 is 0 Å². The third kappa shape index (κ3) is 2.93. The zero-order valence-corrected chi connectivity index (χ0v) is 11.2. The van der Waals surface area contributed by atoms with Gasteiger partial charge in [-0.15, -0.1) is 0 Å². The molecule has 2 aromatic rings. The molecule has 1 heterocycles. The molecule has 0 spiro atoms. The van der Waals surface area contributed by atoms with Crippen molar-refractivity contribution >= 4 is 28.2 Å². The molecule has 0 unspecified atom stereocenters. The van der Waals surface area contributed by atoms with Crippen LogP contribution in [0.3, 0.4) is 0 Å². The highest BCUT2D eigenvalue weighted by atomic mass is 16.1. The molecule has 1 aromatic carbocycles. The second kappa shape index (κ2) is 5.56. The summed E-state index contributed by atoms with van der Waals surface area (Å²) >= 11 is 0. The van der Waals surface area contributed by atoms with Crippen LogP contribution >= 0.6 is 0 Å². The number of rotatable bonds is 4. The molecular weight excluding hydrogens is 240 g/mol. The van der Waals surface area contributed by atoms with Crippen molar-refractivity contribution in [1.82, 2.24) is 10.3 Å². The molecule has 1 amide bonds. The lowest BCUT2D eigenvalue weighted by molar-refractivity contribution is -0.118. The van der Waals surface area contributed by atoms with E-state index in [1.54, 1.807) is 6.20 Å². The van der Waals surface area contributed by atoms with Gasteiger partial charge in [0.1, 0.15) is 5.82 Å². The van der Waals surface area contributed by atoms with E-state index in [0.29, 0.717) is 13.1 Å². The number of nitrogen functional groups attached to an aromatic ring is 1. The summed E-state index contributed by atoms with van der Waals surface area (Å²) in [5.74, 6) is 0.752. The van der Waals surface area contributed by atoms with Crippen LogP contribution in [0.4, 0.5) is 11.5 Å². The van der Waals surface area contributed by atoms with Gasteiger partial charge in [0.25, 0.3) is 0 Å². The van der Waals surface area contributed by atoms with E-state index in [1.807, 2.05) is 25.1 Å². The highest BCUT2D eigenvalue weighted by molar-refractivity contribution is 6.00. The summed E-state index contributed by atoms with van der Waals surface area (Å²) in [6, 6.07) is 5.91. The van der Waals surface area contributed by atoms with Crippen LogP contribution in [0.2, 0.25) is 0 Å². The topological polar surface area (TPSA) is 80.0 Å². The average molecular weight is 258 g/mol. The number of carbonyl (C=O) groups is 1. The maximum absolute atomic E-state index is 10.8. The van der Waals surface area contributed by atoms with E-state index in [-0.39, 0.29) is 5.91 Å². The van der Waals surface area contributed by atoms with Gasteiger partial charge < -0.3 is 16.4 Å². The number of nitrogens with zero attached hydrogens (tertiary/aromatic N) is 1. The van der Waals surface area contributed by atoms with Gasteiger partial charge in [-0.25, -0.2) is 4.98 Å². The zero-order valence-electron chi connectivity index (χ0n) is 11.2. The Balaban J connectivity index is 2.20. The number of aryl methyl sites for hydroxylation is 1. The number of hydrogen-bond acceptors (Lipinski definition) is 4. The molecule has 4 N–H and O–H groups in total. The number of carbonyl (C=O) groups excluding carboxylic acids is 1. The van der Waals surface area contributed by atoms with Crippen LogP contribution in [0, 0.1) is 6.92 Å². The summed E-state index contributed by atoms with van der Waals surface area (Å²) in [7, 11) is 0. The van der Waals surface area contributed by atoms with Crippen molar-refractivity contribution < 1.29 is 4.79 Å². The van der Waals surface area contributed by atoms with Gasteiger partial charge in [0.2, 0.25) is 5.91 Å². The van der Waals surface area contributed by atoms with Crippen molar-refractivity contribution in [3.8, 4) is 0 Å². The van der Waals surface area contributed by atoms with Gasteiger partial charge in [0, 0.05) is 42.7 Å². The highest BCUT2D eigenvalue weighted by Crippen LogP contribution is 2.28. The Labute approximate surface area is 112 Å². The van der Waals surface area contributed by atoms with Gasteiger partial charge in [-0.05, 0) is 18.6 Å². The quantitative estimate of drug-likeness (QED) is 0.575. The van der Waals surface area contributed by atoms with Crippen LogP contribution in [-0.4, -0.2) is 24.0 Å². The summed E-state index contributed by atoms with van der Waals surface area (Å²) in [5.41, 5.74) is 7.91. The molecule has 0 saturated heterocycles. The van der Waals surface area contributed by atoms with Crippen molar-refractivity contribution in [2.24, 2.45) is 0 Å². The fourth-order valence-electron chi connectivity index (χ4n) is 1.95. The van der Waals surface area contributed by atoms with E-state index in [4.69, 9.17) is 5.73 Å². The van der Waals surface area contributed by atoms with Crippen molar-refractivity contribution in [1.29, 1.82) is 0 Å². The first-order valence-corrected chi connectivity index (χ1v) is 6.21. The fourth-order valence-corrected chi connectivity index (χ4v) is 1.95. The number of benzene rings is 1. The molecule has 100 valence electrons. The molecule has 0 aliphatic rings. The maximum Gasteiger partial charge on any atom is 0.216 e. The van der Waals surface area contributed by atoms with E-state index in [1.165, 1.54) is 6.92 Å². The Bertz CT molecular complexity index is 610. The van der Waals surface area contributed by atoms with Crippen molar-refractivity contribution in [3.63, 3.8) is 0 Å². The fraction of sp³-hybridized carbons (Fsp3) is 0.286. The number of hydrogen-bond donors (Lipinski definition) is 3. The number of amides is 1. The maximum atomic E-state index is 10.8. The molecule has 0 saturated carbocycles. The van der Waals surface area contributed by atoms with Crippen LogP contribution in [0.15, 0.2) is 24.4 Å². The SMILES string of the molecule is CC(=O)NCCNc1nccc2c(N)c(C)ccc12. The Hall–Kier alpha value is -2.30. The first-order valence-electron chi connectivity index (χ1n) is 6.21. The van der Waals surface area contributed by atoms with Gasteiger partial charge in [0.05, 0.1) is 0 Å². The van der Waals surface area contributed by atoms with E-state index in [0.717, 1.165) is 27.8 Å². The number of fused-ring (bicyclic) bond motifs is 1. The summed E-state index contributed by atoms with van der Waals surface area (Å²) < 4.78 is 0. The van der Waals surface area contributed by atoms with Crippen molar-refractivity contribution in [3.05, 3.63) is 30.0 Å². The average Bonchev–Trinajstić information content (AvgIpc) is 2.39. The molecule has 0 fully saturated rings. The molecule has 0 aliphatic carbocycles. The normalized spacial score (nSPS) is 10.4. The van der Waals surface area contributed by atoms with E-state index in [2.05, 4.69) is 15.6 Å². The Morgan fingerprint density at radius 1 is 1.26 bits per heavy atom. The second-order valence-corrected chi connectivity index (χ2v) is 4.46. The molecule has 0 radical (unpaired) electrons. The third-order valence-electron chi connectivity index (χ3n) is 3.00. The van der Waals surface area contributed by atoms with Crippen LogP contribution in [-0.2, 0) is 4.79 Å². The van der Waals surface area contributed by atoms with E-state index >= 15 is 0 Å². The van der Waals surface area contributed by atoms with Gasteiger partial charge in [-0.3, -0.25) is 4.79 Å². The monoisotopic (exact) mass is 258 g/mol. The molecule has 0 bridgehead atoms. The van der Waals surface area contributed by atoms with Crippen LogP contribution in [0.25, 0.3) is 10.8 Å². The first-order chi connectivity index (χ1) is 9.09.